The molecule has 1 heterocycles. The number of hydrogen-bond acceptors (Lipinski definition) is 4. The predicted octanol–water partition coefficient (Wildman–Crippen LogP) is 2.81. The van der Waals surface area contributed by atoms with Gasteiger partial charge in [0.15, 0.2) is 0 Å². The second kappa shape index (κ2) is 6.84. The molecule has 0 saturated heterocycles. The number of pyridine rings is 1. The van der Waals surface area contributed by atoms with Crippen LogP contribution in [0.5, 0.6) is 5.88 Å². The van der Waals surface area contributed by atoms with Crippen molar-refractivity contribution in [1.29, 1.82) is 0 Å². The Hall–Kier alpha value is -2.70. The summed E-state index contributed by atoms with van der Waals surface area (Å²) in [5.74, 6) is -1.53. The van der Waals surface area contributed by atoms with E-state index in [9.17, 15) is 13.6 Å². The Balaban J connectivity index is 1.99. The average molecular weight is 307 g/mol. The molecule has 5 nitrogen and oxygen atoms in total. The van der Waals surface area contributed by atoms with Gasteiger partial charge in [-0.25, -0.2) is 13.8 Å². The molecule has 22 heavy (non-hydrogen) atoms. The first kappa shape index (κ1) is 15.7. The Morgan fingerprint density at radius 3 is 2.64 bits per heavy atom. The maximum Gasteiger partial charge on any atom is 0.246 e. The summed E-state index contributed by atoms with van der Waals surface area (Å²) in [6, 6.07) is 5.66. The van der Waals surface area contributed by atoms with Gasteiger partial charge in [-0.05, 0) is 25.1 Å². The number of methoxy groups -OCH3 is 1. The maximum atomic E-state index is 13.5. The molecule has 0 radical (unpaired) electrons. The van der Waals surface area contributed by atoms with Crippen molar-refractivity contribution in [3.63, 3.8) is 0 Å². The van der Waals surface area contributed by atoms with Crippen molar-refractivity contribution in [2.24, 2.45) is 0 Å². The van der Waals surface area contributed by atoms with Crippen LogP contribution >= 0.6 is 0 Å². The molecule has 2 N–H and O–H groups in total. The van der Waals surface area contributed by atoms with Crippen LogP contribution in [0.15, 0.2) is 36.5 Å². The average Bonchev–Trinajstić information content (AvgIpc) is 2.50. The first-order valence-corrected chi connectivity index (χ1v) is 6.52. The highest BCUT2D eigenvalue weighted by molar-refractivity contribution is 5.96. The molecule has 1 amide bonds. The van der Waals surface area contributed by atoms with E-state index in [-0.39, 0.29) is 5.69 Å². The number of hydrogen-bond donors (Lipinski definition) is 2. The molecule has 0 bridgehead atoms. The van der Waals surface area contributed by atoms with Crippen molar-refractivity contribution in [3.05, 3.63) is 48.2 Å². The standard InChI is InChI=1S/C15H15F2N3O2/c1-9(19-11-4-6-14(22-2)18-8-11)15(21)20-13-5-3-10(16)7-12(13)17/h3-9,19H,1-2H3,(H,20,21). The third-order valence-electron chi connectivity index (χ3n) is 2.91. The number of halogens is 2. The number of amides is 1. The van der Waals surface area contributed by atoms with E-state index in [0.717, 1.165) is 6.07 Å². The molecule has 0 fully saturated rings. The van der Waals surface area contributed by atoms with Crippen molar-refractivity contribution in [1.82, 2.24) is 4.98 Å². The van der Waals surface area contributed by atoms with Gasteiger partial charge in [-0.15, -0.1) is 0 Å². The van der Waals surface area contributed by atoms with Gasteiger partial charge in [-0.2, -0.15) is 0 Å². The number of nitrogens with zero attached hydrogens (tertiary/aromatic N) is 1. The zero-order chi connectivity index (χ0) is 16.1. The van der Waals surface area contributed by atoms with E-state index in [1.54, 1.807) is 19.1 Å². The molecule has 1 aromatic carbocycles. The molecule has 2 aromatic rings. The highest BCUT2D eigenvalue weighted by atomic mass is 19.1. The summed E-state index contributed by atoms with van der Waals surface area (Å²) in [5, 5.41) is 5.31. The van der Waals surface area contributed by atoms with E-state index in [4.69, 9.17) is 4.74 Å². The monoisotopic (exact) mass is 307 g/mol. The summed E-state index contributed by atoms with van der Waals surface area (Å²) >= 11 is 0. The minimum Gasteiger partial charge on any atom is -0.481 e. The molecule has 1 aromatic heterocycles. The molecule has 7 heteroatoms. The zero-order valence-corrected chi connectivity index (χ0v) is 12.1. The fourth-order valence-electron chi connectivity index (χ4n) is 1.73. The summed E-state index contributed by atoms with van der Waals surface area (Å²) in [6.45, 7) is 1.61. The molecule has 1 atom stereocenters. The molecule has 2 rings (SSSR count). The Labute approximate surface area is 126 Å². The molecule has 1 unspecified atom stereocenters. The van der Waals surface area contributed by atoms with Gasteiger partial charge in [0.25, 0.3) is 0 Å². The maximum absolute atomic E-state index is 13.5. The zero-order valence-electron chi connectivity index (χ0n) is 12.1. The molecule has 116 valence electrons. The third-order valence-corrected chi connectivity index (χ3v) is 2.91. The van der Waals surface area contributed by atoms with E-state index in [1.165, 1.54) is 19.4 Å². The molecular formula is C15H15F2N3O2. The molecular weight excluding hydrogens is 292 g/mol. The van der Waals surface area contributed by atoms with Crippen molar-refractivity contribution >= 4 is 17.3 Å². The quantitative estimate of drug-likeness (QED) is 0.891. The van der Waals surface area contributed by atoms with Crippen molar-refractivity contribution in [2.45, 2.75) is 13.0 Å². The predicted molar refractivity (Wildman–Crippen MR) is 78.9 cm³/mol. The Kier molecular flexibility index (Phi) is 4.88. The highest BCUT2D eigenvalue weighted by Crippen LogP contribution is 2.16. The van der Waals surface area contributed by atoms with Gasteiger partial charge < -0.3 is 15.4 Å². The molecule has 0 aliphatic rings. The number of aromatic nitrogens is 1. The van der Waals surface area contributed by atoms with Crippen LogP contribution < -0.4 is 15.4 Å². The van der Waals surface area contributed by atoms with Crippen LogP contribution in [-0.4, -0.2) is 24.0 Å². The lowest BCUT2D eigenvalue weighted by atomic mass is 10.2. The number of benzene rings is 1. The van der Waals surface area contributed by atoms with Crippen molar-refractivity contribution in [3.8, 4) is 5.88 Å². The molecule has 0 saturated carbocycles. The van der Waals surface area contributed by atoms with E-state index in [1.807, 2.05) is 0 Å². The van der Waals surface area contributed by atoms with E-state index >= 15 is 0 Å². The van der Waals surface area contributed by atoms with Crippen LogP contribution in [0.1, 0.15) is 6.92 Å². The van der Waals surface area contributed by atoms with Gasteiger partial charge in [0.1, 0.15) is 17.7 Å². The lowest BCUT2D eigenvalue weighted by molar-refractivity contribution is -0.116. The smallest absolute Gasteiger partial charge is 0.246 e. The lowest BCUT2D eigenvalue weighted by Gasteiger charge is -2.15. The SMILES string of the molecule is COc1ccc(NC(C)C(=O)Nc2ccc(F)cc2F)cn1. The number of rotatable bonds is 5. The molecule has 0 aliphatic carbocycles. The van der Waals surface area contributed by atoms with Gasteiger partial charge >= 0.3 is 0 Å². The van der Waals surface area contributed by atoms with Crippen LogP contribution in [-0.2, 0) is 4.79 Å². The van der Waals surface area contributed by atoms with E-state index < -0.39 is 23.6 Å². The minimum atomic E-state index is -0.827. The van der Waals surface area contributed by atoms with Crippen LogP contribution in [0, 0.1) is 11.6 Å². The van der Waals surface area contributed by atoms with Gasteiger partial charge in [-0.1, -0.05) is 0 Å². The fraction of sp³-hybridized carbons (Fsp3) is 0.200. The summed E-state index contributed by atoms with van der Waals surface area (Å²) in [5.41, 5.74) is 0.538. The van der Waals surface area contributed by atoms with Crippen LogP contribution in [0.3, 0.4) is 0 Å². The van der Waals surface area contributed by atoms with Gasteiger partial charge in [0.2, 0.25) is 11.8 Å². The topological polar surface area (TPSA) is 63.2 Å². The largest absolute Gasteiger partial charge is 0.481 e. The van der Waals surface area contributed by atoms with Crippen LogP contribution in [0.2, 0.25) is 0 Å². The van der Waals surface area contributed by atoms with Crippen molar-refractivity contribution in [2.75, 3.05) is 17.7 Å². The number of anilines is 2. The highest BCUT2D eigenvalue weighted by Gasteiger charge is 2.15. The second-order valence-electron chi connectivity index (χ2n) is 4.57. The summed E-state index contributed by atoms with van der Waals surface area (Å²) in [7, 11) is 1.50. The van der Waals surface area contributed by atoms with Crippen molar-refractivity contribution < 1.29 is 18.3 Å². The summed E-state index contributed by atoms with van der Waals surface area (Å²) in [4.78, 5) is 16.0. The fourth-order valence-corrected chi connectivity index (χ4v) is 1.73. The number of ether oxygens (including phenoxy) is 1. The van der Waals surface area contributed by atoms with E-state index in [2.05, 4.69) is 15.6 Å². The Morgan fingerprint density at radius 1 is 1.27 bits per heavy atom. The third kappa shape index (κ3) is 3.91. The normalized spacial score (nSPS) is 11.6. The number of carbonyl (C=O) groups is 1. The van der Waals surface area contributed by atoms with Gasteiger partial charge in [-0.3, -0.25) is 4.79 Å². The second-order valence-corrected chi connectivity index (χ2v) is 4.57. The van der Waals surface area contributed by atoms with Gasteiger partial charge in [0, 0.05) is 12.1 Å². The van der Waals surface area contributed by atoms with E-state index in [0.29, 0.717) is 17.6 Å². The number of carbonyl (C=O) groups excluding carboxylic acids is 1. The molecule has 0 aliphatic heterocycles. The van der Waals surface area contributed by atoms with Crippen LogP contribution in [0.25, 0.3) is 0 Å². The molecule has 0 spiro atoms. The Morgan fingerprint density at radius 2 is 2.05 bits per heavy atom. The first-order valence-electron chi connectivity index (χ1n) is 6.52. The lowest BCUT2D eigenvalue weighted by Crippen LogP contribution is -2.32. The minimum absolute atomic E-state index is 0.0760. The Bertz CT molecular complexity index is 662. The van der Waals surface area contributed by atoms with Gasteiger partial charge in [0.05, 0.1) is 24.7 Å². The number of nitrogens with one attached hydrogen (secondary N) is 2. The summed E-state index contributed by atoms with van der Waals surface area (Å²) < 4.78 is 31.2. The van der Waals surface area contributed by atoms with Crippen LogP contribution in [0.4, 0.5) is 20.2 Å². The first-order chi connectivity index (χ1) is 10.5. The summed E-state index contributed by atoms with van der Waals surface area (Å²) in [6.07, 6.45) is 1.51.